The first-order valence-electron chi connectivity index (χ1n) is 5.23. The van der Waals surface area contributed by atoms with Crippen LogP contribution in [0.15, 0.2) is 24.3 Å². The molecular weight excluding hydrogens is 186 g/mol. The van der Waals surface area contributed by atoms with E-state index in [-0.39, 0.29) is 0 Å². The van der Waals surface area contributed by atoms with Crippen LogP contribution >= 0.6 is 0 Å². The van der Waals surface area contributed by atoms with Gasteiger partial charge in [0.15, 0.2) is 0 Å². The molecule has 2 heteroatoms. The molecule has 0 bridgehead atoms. The minimum atomic E-state index is 0.911. The maximum atomic E-state index is 5.19. The van der Waals surface area contributed by atoms with E-state index in [9.17, 15) is 0 Å². The van der Waals surface area contributed by atoms with Crippen molar-refractivity contribution in [1.29, 1.82) is 0 Å². The normalized spacial score (nSPS) is 10.9. The molecule has 0 heterocycles. The second-order valence-corrected chi connectivity index (χ2v) is 3.52. The van der Waals surface area contributed by atoms with Crippen LogP contribution in [0.2, 0.25) is 0 Å². The van der Waals surface area contributed by atoms with E-state index in [1.54, 1.807) is 7.11 Å². The standard InChI is InChI=1S/C13H19NO/c1-11-7-8-13(15-3)10-12(11)6-4-5-9-14-2/h4,6-8,10,14H,5,9H2,1-3H3. The lowest BCUT2D eigenvalue weighted by Crippen LogP contribution is -2.05. The number of rotatable bonds is 5. The van der Waals surface area contributed by atoms with Crippen LogP contribution in [0.1, 0.15) is 17.5 Å². The van der Waals surface area contributed by atoms with Gasteiger partial charge in [-0.2, -0.15) is 0 Å². The molecule has 0 radical (unpaired) electrons. The van der Waals surface area contributed by atoms with Crippen molar-refractivity contribution < 1.29 is 4.74 Å². The van der Waals surface area contributed by atoms with E-state index < -0.39 is 0 Å². The lowest BCUT2D eigenvalue weighted by molar-refractivity contribution is 0.414. The van der Waals surface area contributed by atoms with Crippen LogP contribution < -0.4 is 10.1 Å². The predicted octanol–water partition coefficient (Wildman–Crippen LogP) is 2.63. The van der Waals surface area contributed by atoms with Crippen LogP contribution in [0.25, 0.3) is 6.08 Å². The van der Waals surface area contributed by atoms with Gasteiger partial charge in [0.25, 0.3) is 0 Å². The summed E-state index contributed by atoms with van der Waals surface area (Å²) < 4.78 is 5.19. The van der Waals surface area contributed by atoms with Crippen molar-refractivity contribution in [2.75, 3.05) is 20.7 Å². The Morgan fingerprint density at radius 3 is 2.87 bits per heavy atom. The smallest absolute Gasteiger partial charge is 0.119 e. The molecule has 0 aliphatic heterocycles. The van der Waals surface area contributed by atoms with E-state index in [2.05, 4.69) is 36.5 Å². The van der Waals surface area contributed by atoms with Crippen LogP contribution in [-0.2, 0) is 0 Å². The van der Waals surface area contributed by atoms with Crippen LogP contribution in [-0.4, -0.2) is 20.7 Å². The largest absolute Gasteiger partial charge is 0.497 e. The lowest BCUT2D eigenvalue weighted by Gasteiger charge is -2.04. The minimum Gasteiger partial charge on any atom is -0.497 e. The molecule has 0 saturated carbocycles. The van der Waals surface area contributed by atoms with Gasteiger partial charge in [-0.15, -0.1) is 0 Å². The van der Waals surface area contributed by atoms with E-state index in [0.717, 1.165) is 18.7 Å². The van der Waals surface area contributed by atoms with E-state index >= 15 is 0 Å². The van der Waals surface area contributed by atoms with Gasteiger partial charge >= 0.3 is 0 Å². The molecule has 1 aromatic rings. The van der Waals surface area contributed by atoms with E-state index in [0.29, 0.717) is 0 Å². The molecule has 0 spiro atoms. The lowest BCUT2D eigenvalue weighted by atomic mass is 10.1. The maximum absolute atomic E-state index is 5.19. The van der Waals surface area contributed by atoms with Crippen LogP contribution in [0.3, 0.4) is 0 Å². The van der Waals surface area contributed by atoms with Gasteiger partial charge in [-0.05, 0) is 50.2 Å². The molecule has 1 rings (SSSR count). The maximum Gasteiger partial charge on any atom is 0.119 e. The highest BCUT2D eigenvalue weighted by Gasteiger charge is 1.96. The molecule has 15 heavy (non-hydrogen) atoms. The molecule has 0 atom stereocenters. The molecule has 1 aromatic carbocycles. The van der Waals surface area contributed by atoms with Gasteiger partial charge in [-0.1, -0.05) is 18.2 Å². The first-order chi connectivity index (χ1) is 7.27. The Labute approximate surface area is 92.0 Å². The van der Waals surface area contributed by atoms with Crippen molar-refractivity contribution >= 4 is 6.08 Å². The Hall–Kier alpha value is -1.28. The fourth-order valence-corrected chi connectivity index (χ4v) is 1.36. The molecule has 2 nitrogen and oxygen atoms in total. The summed E-state index contributed by atoms with van der Waals surface area (Å²) in [6, 6.07) is 6.13. The zero-order valence-corrected chi connectivity index (χ0v) is 9.71. The quantitative estimate of drug-likeness (QED) is 0.746. The summed E-state index contributed by atoms with van der Waals surface area (Å²) in [5, 5.41) is 3.12. The topological polar surface area (TPSA) is 21.3 Å². The molecule has 82 valence electrons. The van der Waals surface area contributed by atoms with Crippen molar-refractivity contribution in [3.63, 3.8) is 0 Å². The first kappa shape index (κ1) is 11.8. The Bertz CT molecular complexity index is 331. The Morgan fingerprint density at radius 2 is 2.20 bits per heavy atom. The number of benzene rings is 1. The zero-order chi connectivity index (χ0) is 11.1. The number of ether oxygens (including phenoxy) is 1. The van der Waals surface area contributed by atoms with Crippen LogP contribution in [0.5, 0.6) is 5.75 Å². The third-order valence-electron chi connectivity index (χ3n) is 2.34. The molecule has 1 N–H and O–H groups in total. The predicted molar refractivity (Wildman–Crippen MR) is 65.3 cm³/mol. The van der Waals surface area contributed by atoms with Crippen molar-refractivity contribution in [2.24, 2.45) is 0 Å². The molecule has 0 amide bonds. The Kier molecular flexibility index (Phi) is 4.91. The molecule has 0 aromatic heterocycles. The van der Waals surface area contributed by atoms with Gasteiger partial charge < -0.3 is 10.1 Å². The fraction of sp³-hybridized carbons (Fsp3) is 0.385. The van der Waals surface area contributed by atoms with Crippen molar-refractivity contribution in [1.82, 2.24) is 5.32 Å². The SMILES string of the molecule is CNCCC=Cc1cc(OC)ccc1C. The van der Waals surface area contributed by atoms with Crippen LogP contribution in [0.4, 0.5) is 0 Å². The molecule has 0 fully saturated rings. The highest BCUT2D eigenvalue weighted by molar-refractivity contribution is 5.55. The third kappa shape index (κ3) is 3.76. The summed E-state index contributed by atoms with van der Waals surface area (Å²) in [7, 11) is 3.66. The molecule has 0 saturated heterocycles. The van der Waals surface area contributed by atoms with Crippen LogP contribution in [0, 0.1) is 6.92 Å². The number of hydrogen-bond donors (Lipinski definition) is 1. The van der Waals surface area contributed by atoms with Gasteiger partial charge in [0.2, 0.25) is 0 Å². The summed E-state index contributed by atoms with van der Waals surface area (Å²) in [5.41, 5.74) is 2.50. The Balaban J connectivity index is 2.70. The zero-order valence-electron chi connectivity index (χ0n) is 9.71. The number of aryl methyl sites for hydroxylation is 1. The van der Waals surface area contributed by atoms with Crippen molar-refractivity contribution in [3.8, 4) is 5.75 Å². The first-order valence-corrected chi connectivity index (χ1v) is 5.23. The van der Waals surface area contributed by atoms with E-state index in [1.165, 1.54) is 11.1 Å². The average molecular weight is 205 g/mol. The summed E-state index contributed by atoms with van der Waals surface area (Å²) >= 11 is 0. The Morgan fingerprint density at radius 1 is 1.40 bits per heavy atom. The molecule has 0 aliphatic carbocycles. The average Bonchev–Trinajstić information content (AvgIpc) is 2.26. The van der Waals surface area contributed by atoms with Crippen molar-refractivity contribution in [2.45, 2.75) is 13.3 Å². The van der Waals surface area contributed by atoms with Gasteiger partial charge in [-0.3, -0.25) is 0 Å². The van der Waals surface area contributed by atoms with Gasteiger partial charge in [0, 0.05) is 0 Å². The molecule has 0 aliphatic rings. The summed E-state index contributed by atoms with van der Waals surface area (Å²) in [6.07, 6.45) is 5.38. The monoisotopic (exact) mass is 205 g/mol. The van der Waals surface area contributed by atoms with E-state index in [1.807, 2.05) is 13.1 Å². The number of methoxy groups -OCH3 is 1. The molecule has 0 unspecified atom stereocenters. The minimum absolute atomic E-state index is 0.911. The summed E-state index contributed by atoms with van der Waals surface area (Å²) in [5.74, 6) is 0.911. The van der Waals surface area contributed by atoms with Gasteiger partial charge in [0.05, 0.1) is 7.11 Å². The number of nitrogens with one attached hydrogen (secondary N) is 1. The summed E-state index contributed by atoms with van der Waals surface area (Å²) in [4.78, 5) is 0. The fourth-order valence-electron chi connectivity index (χ4n) is 1.36. The number of hydrogen-bond acceptors (Lipinski definition) is 2. The second kappa shape index (κ2) is 6.25. The van der Waals surface area contributed by atoms with E-state index in [4.69, 9.17) is 4.74 Å². The molecular formula is C13H19NO. The van der Waals surface area contributed by atoms with Crippen molar-refractivity contribution in [3.05, 3.63) is 35.4 Å². The highest BCUT2D eigenvalue weighted by atomic mass is 16.5. The van der Waals surface area contributed by atoms with Gasteiger partial charge in [0.1, 0.15) is 5.75 Å². The second-order valence-electron chi connectivity index (χ2n) is 3.52. The van der Waals surface area contributed by atoms with Gasteiger partial charge in [-0.25, -0.2) is 0 Å². The third-order valence-corrected chi connectivity index (χ3v) is 2.34. The summed E-state index contributed by atoms with van der Waals surface area (Å²) in [6.45, 7) is 3.12. The highest BCUT2D eigenvalue weighted by Crippen LogP contribution is 2.18.